The van der Waals surface area contributed by atoms with Gasteiger partial charge in [-0.1, -0.05) is 6.92 Å². The maximum Gasteiger partial charge on any atom is 0.191 e. The fraction of sp³-hybridized carbons (Fsp3) is 0.462. The summed E-state index contributed by atoms with van der Waals surface area (Å²) in [7, 11) is 0. The van der Waals surface area contributed by atoms with E-state index >= 15 is 0 Å². The Bertz CT molecular complexity index is 414. The van der Waals surface area contributed by atoms with Gasteiger partial charge in [-0.2, -0.15) is 0 Å². The molecule has 1 aliphatic rings. The zero-order chi connectivity index (χ0) is 11.7. The molecule has 2 nitrogen and oxygen atoms in total. The van der Waals surface area contributed by atoms with Crippen LogP contribution in [0.15, 0.2) is 18.2 Å². The van der Waals surface area contributed by atoms with Crippen LogP contribution < -0.4 is 0 Å². The van der Waals surface area contributed by atoms with Gasteiger partial charge >= 0.3 is 0 Å². The fourth-order valence-corrected chi connectivity index (χ4v) is 1.99. The number of rotatable bonds is 2. The molecule has 0 N–H and O–H groups in total. The van der Waals surface area contributed by atoms with Crippen molar-refractivity contribution in [3.63, 3.8) is 0 Å². The summed E-state index contributed by atoms with van der Waals surface area (Å²) in [6.45, 7) is 4.30. The van der Waals surface area contributed by atoms with E-state index in [1.807, 2.05) is 6.92 Å². The molecule has 1 saturated heterocycles. The Morgan fingerprint density at radius 1 is 1.50 bits per heavy atom. The van der Waals surface area contributed by atoms with Gasteiger partial charge in [0.05, 0.1) is 0 Å². The number of hydrogen-bond donors (Lipinski definition) is 0. The molecule has 1 fully saturated rings. The molecule has 1 aliphatic heterocycles. The third-order valence-electron chi connectivity index (χ3n) is 3.09. The molecule has 86 valence electrons. The zero-order valence-electron chi connectivity index (χ0n) is 9.50. The average Bonchev–Trinajstić information content (AvgIpc) is 2.67. The lowest BCUT2D eigenvalue weighted by atomic mass is 9.95. The molecule has 0 aliphatic carbocycles. The van der Waals surface area contributed by atoms with Gasteiger partial charge in [0.2, 0.25) is 0 Å². The van der Waals surface area contributed by atoms with Gasteiger partial charge in [0.25, 0.3) is 0 Å². The molecule has 2 atom stereocenters. The van der Waals surface area contributed by atoms with Crippen LogP contribution in [-0.2, 0) is 4.74 Å². The van der Waals surface area contributed by atoms with Crippen LogP contribution in [-0.4, -0.2) is 18.5 Å². The van der Waals surface area contributed by atoms with Crippen LogP contribution in [0.4, 0.5) is 4.39 Å². The Morgan fingerprint density at radius 2 is 2.25 bits per heavy atom. The fourth-order valence-electron chi connectivity index (χ4n) is 1.99. The zero-order valence-corrected chi connectivity index (χ0v) is 9.50. The number of carbonyl (C=O) groups is 1. The lowest BCUT2D eigenvalue weighted by molar-refractivity contribution is 0.0579. The highest BCUT2D eigenvalue weighted by Crippen LogP contribution is 2.24. The quantitative estimate of drug-likeness (QED) is 0.719. The largest absolute Gasteiger partial charge is 0.370 e. The summed E-state index contributed by atoms with van der Waals surface area (Å²) in [5.41, 5.74) is 1.04. The lowest BCUT2D eigenvalue weighted by Crippen LogP contribution is -2.25. The summed E-state index contributed by atoms with van der Waals surface area (Å²) in [4.78, 5) is 12.1. The standard InChI is InChI=1S/C13H15FO2/c1-8-5-6-16-13(8)12(15)10-3-4-11(14)9(2)7-10/h3-4,7-8,13H,5-6H2,1-2H3. The molecule has 1 aromatic carbocycles. The highest BCUT2D eigenvalue weighted by atomic mass is 19.1. The van der Waals surface area contributed by atoms with Crippen LogP contribution in [0.25, 0.3) is 0 Å². The Morgan fingerprint density at radius 3 is 2.81 bits per heavy atom. The summed E-state index contributed by atoms with van der Waals surface area (Å²) in [6, 6.07) is 4.45. The molecule has 0 aromatic heterocycles. The van der Waals surface area contributed by atoms with E-state index in [0.717, 1.165) is 6.42 Å². The minimum atomic E-state index is -0.357. The van der Waals surface area contributed by atoms with Crippen molar-refractivity contribution in [2.75, 3.05) is 6.61 Å². The van der Waals surface area contributed by atoms with Gasteiger partial charge in [-0.05, 0) is 43.0 Å². The predicted molar refractivity (Wildman–Crippen MR) is 59.0 cm³/mol. The SMILES string of the molecule is Cc1cc(C(=O)C2OCCC2C)ccc1F. The first-order valence-corrected chi connectivity index (χ1v) is 5.51. The first-order valence-electron chi connectivity index (χ1n) is 5.51. The van der Waals surface area contributed by atoms with E-state index in [0.29, 0.717) is 17.7 Å². The summed E-state index contributed by atoms with van der Waals surface area (Å²) in [5.74, 6) is -0.0668. The molecular weight excluding hydrogens is 207 g/mol. The number of hydrogen-bond acceptors (Lipinski definition) is 2. The second-order valence-corrected chi connectivity index (χ2v) is 4.39. The summed E-state index contributed by atoms with van der Waals surface area (Å²) < 4.78 is 18.5. The van der Waals surface area contributed by atoms with Crippen molar-refractivity contribution in [1.29, 1.82) is 0 Å². The predicted octanol–water partition coefficient (Wildman–Crippen LogP) is 2.74. The molecule has 0 radical (unpaired) electrons. The molecule has 0 bridgehead atoms. The number of ether oxygens (including phenoxy) is 1. The van der Waals surface area contributed by atoms with Gasteiger partial charge in [-0.3, -0.25) is 4.79 Å². The van der Waals surface area contributed by atoms with Gasteiger partial charge in [0.15, 0.2) is 5.78 Å². The number of ketones is 1. The number of benzene rings is 1. The molecule has 0 saturated carbocycles. The maximum atomic E-state index is 13.1. The Balaban J connectivity index is 2.23. The number of carbonyl (C=O) groups excluding carboxylic acids is 1. The van der Waals surface area contributed by atoms with E-state index in [1.54, 1.807) is 13.0 Å². The highest BCUT2D eigenvalue weighted by molar-refractivity contribution is 5.99. The topological polar surface area (TPSA) is 26.3 Å². The van der Waals surface area contributed by atoms with Crippen molar-refractivity contribution in [2.45, 2.75) is 26.4 Å². The van der Waals surface area contributed by atoms with Crippen LogP contribution in [0.3, 0.4) is 0 Å². The van der Waals surface area contributed by atoms with Crippen LogP contribution in [0.5, 0.6) is 0 Å². The van der Waals surface area contributed by atoms with E-state index in [-0.39, 0.29) is 23.6 Å². The lowest BCUT2D eigenvalue weighted by Gasteiger charge is -2.13. The van der Waals surface area contributed by atoms with Gasteiger partial charge in [-0.15, -0.1) is 0 Å². The minimum absolute atomic E-state index is 0.0342. The Labute approximate surface area is 94.4 Å². The molecule has 16 heavy (non-hydrogen) atoms. The first-order chi connectivity index (χ1) is 7.59. The van der Waals surface area contributed by atoms with Crippen molar-refractivity contribution < 1.29 is 13.9 Å². The molecule has 1 aromatic rings. The van der Waals surface area contributed by atoms with E-state index in [4.69, 9.17) is 4.74 Å². The van der Waals surface area contributed by atoms with Crippen molar-refractivity contribution in [3.8, 4) is 0 Å². The molecule has 2 rings (SSSR count). The van der Waals surface area contributed by atoms with Crippen molar-refractivity contribution in [1.82, 2.24) is 0 Å². The van der Waals surface area contributed by atoms with Gasteiger partial charge in [-0.25, -0.2) is 4.39 Å². The molecule has 2 unspecified atom stereocenters. The Hall–Kier alpha value is -1.22. The minimum Gasteiger partial charge on any atom is -0.370 e. The number of halogens is 1. The van der Waals surface area contributed by atoms with Crippen molar-refractivity contribution in [3.05, 3.63) is 35.1 Å². The first kappa shape index (κ1) is 11.3. The number of aryl methyl sites for hydroxylation is 1. The molecule has 1 heterocycles. The maximum absolute atomic E-state index is 13.1. The normalized spacial score (nSPS) is 24.7. The monoisotopic (exact) mass is 222 g/mol. The van der Waals surface area contributed by atoms with E-state index in [1.165, 1.54) is 12.1 Å². The smallest absolute Gasteiger partial charge is 0.191 e. The second-order valence-electron chi connectivity index (χ2n) is 4.39. The highest BCUT2D eigenvalue weighted by Gasteiger charge is 2.31. The summed E-state index contributed by atoms with van der Waals surface area (Å²) in [6.07, 6.45) is 0.557. The van der Waals surface area contributed by atoms with Crippen LogP contribution in [0, 0.1) is 18.7 Å². The van der Waals surface area contributed by atoms with Crippen molar-refractivity contribution in [2.24, 2.45) is 5.92 Å². The van der Waals surface area contributed by atoms with E-state index < -0.39 is 0 Å². The van der Waals surface area contributed by atoms with Crippen LogP contribution in [0.2, 0.25) is 0 Å². The molecule has 0 amide bonds. The van der Waals surface area contributed by atoms with Crippen molar-refractivity contribution >= 4 is 5.78 Å². The molecule has 0 spiro atoms. The average molecular weight is 222 g/mol. The third kappa shape index (κ3) is 2.00. The van der Waals surface area contributed by atoms with Crippen LogP contribution >= 0.6 is 0 Å². The van der Waals surface area contributed by atoms with Gasteiger partial charge < -0.3 is 4.74 Å². The molecule has 3 heteroatoms. The van der Waals surface area contributed by atoms with E-state index in [2.05, 4.69) is 0 Å². The number of Topliss-reactive ketones (excluding diaryl/α,β-unsaturated/α-hetero) is 1. The third-order valence-corrected chi connectivity index (χ3v) is 3.09. The van der Waals surface area contributed by atoms with E-state index in [9.17, 15) is 9.18 Å². The summed E-state index contributed by atoms with van der Waals surface area (Å²) >= 11 is 0. The van der Waals surface area contributed by atoms with Gasteiger partial charge in [0.1, 0.15) is 11.9 Å². The molecular formula is C13H15FO2. The van der Waals surface area contributed by atoms with Crippen LogP contribution in [0.1, 0.15) is 29.3 Å². The van der Waals surface area contributed by atoms with Gasteiger partial charge in [0, 0.05) is 12.2 Å². The summed E-state index contributed by atoms with van der Waals surface area (Å²) in [5, 5.41) is 0. The Kier molecular flexibility index (Phi) is 3.06. The second kappa shape index (κ2) is 4.34.